The SMILES string of the molecule is CCc1ccc(C(=O)N2CCCC(C(N)=NO)C2)s1. The van der Waals surface area contributed by atoms with Gasteiger partial charge in [-0.15, -0.1) is 11.3 Å². The molecule has 0 aliphatic carbocycles. The van der Waals surface area contributed by atoms with Crippen molar-refractivity contribution in [1.82, 2.24) is 4.90 Å². The number of amidine groups is 1. The monoisotopic (exact) mass is 281 g/mol. The molecule has 3 N–H and O–H groups in total. The fourth-order valence-corrected chi connectivity index (χ4v) is 3.24. The van der Waals surface area contributed by atoms with E-state index in [-0.39, 0.29) is 17.7 Å². The van der Waals surface area contributed by atoms with Crippen molar-refractivity contribution in [2.24, 2.45) is 16.8 Å². The average Bonchev–Trinajstić information content (AvgIpc) is 2.94. The molecule has 19 heavy (non-hydrogen) atoms. The van der Waals surface area contributed by atoms with Crippen molar-refractivity contribution in [1.29, 1.82) is 0 Å². The van der Waals surface area contributed by atoms with Crippen LogP contribution in [0.3, 0.4) is 0 Å². The Morgan fingerprint density at radius 2 is 2.42 bits per heavy atom. The summed E-state index contributed by atoms with van der Waals surface area (Å²) >= 11 is 1.55. The Morgan fingerprint density at radius 3 is 3.05 bits per heavy atom. The predicted octanol–water partition coefficient (Wildman–Crippen LogP) is 1.91. The minimum absolute atomic E-state index is 0.0340. The molecule has 0 saturated carbocycles. The molecule has 1 atom stereocenters. The normalized spacial score (nSPS) is 20.6. The van der Waals surface area contributed by atoms with Crippen LogP contribution in [-0.2, 0) is 6.42 Å². The molecule has 1 fully saturated rings. The van der Waals surface area contributed by atoms with Crippen molar-refractivity contribution in [2.45, 2.75) is 26.2 Å². The first kappa shape index (κ1) is 13.9. The topological polar surface area (TPSA) is 78.9 Å². The molecule has 0 radical (unpaired) electrons. The van der Waals surface area contributed by atoms with E-state index in [1.165, 1.54) is 4.88 Å². The first-order chi connectivity index (χ1) is 9.15. The van der Waals surface area contributed by atoms with Gasteiger partial charge in [0.15, 0.2) is 0 Å². The summed E-state index contributed by atoms with van der Waals surface area (Å²) in [6.07, 6.45) is 2.70. The highest BCUT2D eigenvalue weighted by molar-refractivity contribution is 7.14. The highest BCUT2D eigenvalue weighted by Gasteiger charge is 2.27. The maximum atomic E-state index is 12.4. The van der Waals surface area contributed by atoms with Crippen molar-refractivity contribution >= 4 is 23.1 Å². The predicted molar refractivity (Wildman–Crippen MR) is 75.7 cm³/mol. The molecular weight excluding hydrogens is 262 g/mol. The first-order valence-electron chi connectivity index (χ1n) is 6.51. The number of carbonyl (C=O) groups is 1. The van der Waals surface area contributed by atoms with E-state index in [0.717, 1.165) is 30.7 Å². The van der Waals surface area contributed by atoms with Crippen LogP contribution in [0.4, 0.5) is 0 Å². The first-order valence-corrected chi connectivity index (χ1v) is 7.32. The molecule has 1 aromatic heterocycles. The molecule has 1 aliphatic rings. The molecule has 1 aliphatic heterocycles. The summed E-state index contributed by atoms with van der Waals surface area (Å²) in [4.78, 5) is 16.2. The molecule has 2 rings (SSSR count). The number of nitrogens with two attached hydrogens (primary N) is 1. The third-order valence-corrected chi connectivity index (χ3v) is 4.68. The molecule has 1 saturated heterocycles. The summed E-state index contributed by atoms with van der Waals surface area (Å²) < 4.78 is 0. The van der Waals surface area contributed by atoms with Gasteiger partial charge < -0.3 is 15.8 Å². The zero-order valence-electron chi connectivity index (χ0n) is 11.0. The Morgan fingerprint density at radius 1 is 1.63 bits per heavy atom. The Kier molecular flexibility index (Phi) is 4.42. The number of nitrogens with zero attached hydrogens (tertiary/aromatic N) is 2. The molecule has 1 aromatic rings. The third-order valence-electron chi connectivity index (χ3n) is 3.46. The molecule has 104 valence electrons. The van der Waals surface area contributed by atoms with Crippen molar-refractivity contribution in [3.05, 3.63) is 21.9 Å². The summed E-state index contributed by atoms with van der Waals surface area (Å²) in [5.74, 6) is 0.242. The summed E-state index contributed by atoms with van der Waals surface area (Å²) in [7, 11) is 0. The van der Waals surface area contributed by atoms with Crippen molar-refractivity contribution in [3.63, 3.8) is 0 Å². The number of oxime groups is 1. The van der Waals surface area contributed by atoms with Gasteiger partial charge in [-0.3, -0.25) is 4.79 Å². The van der Waals surface area contributed by atoms with Gasteiger partial charge in [-0.1, -0.05) is 12.1 Å². The van der Waals surface area contributed by atoms with Gasteiger partial charge in [0.2, 0.25) is 0 Å². The fourth-order valence-electron chi connectivity index (χ4n) is 2.32. The molecule has 5 nitrogen and oxygen atoms in total. The van der Waals surface area contributed by atoms with Crippen LogP contribution < -0.4 is 5.73 Å². The lowest BCUT2D eigenvalue weighted by Gasteiger charge is -2.31. The maximum Gasteiger partial charge on any atom is 0.263 e. The van der Waals surface area contributed by atoms with Gasteiger partial charge in [0.05, 0.1) is 4.88 Å². The Labute approximate surface area is 116 Å². The Balaban J connectivity index is 2.06. The van der Waals surface area contributed by atoms with Crippen molar-refractivity contribution in [3.8, 4) is 0 Å². The van der Waals surface area contributed by atoms with E-state index < -0.39 is 0 Å². The van der Waals surface area contributed by atoms with E-state index in [2.05, 4.69) is 12.1 Å². The zero-order chi connectivity index (χ0) is 13.8. The van der Waals surface area contributed by atoms with E-state index in [0.29, 0.717) is 6.54 Å². The number of carbonyl (C=O) groups excluding carboxylic acids is 1. The Bertz CT molecular complexity index is 484. The van der Waals surface area contributed by atoms with Crippen molar-refractivity contribution < 1.29 is 10.0 Å². The summed E-state index contributed by atoms with van der Waals surface area (Å²) in [6.45, 7) is 3.36. The van der Waals surface area contributed by atoms with Gasteiger partial charge >= 0.3 is 0 Å². The lowest BCUT2D eigenvalue weighted by molar-refractivity contribution is 0.0706. The number of hydrogen-bond donors (Lipinski definition) is 2. The van der Waals surface area contributed by atoms with Crippen LogP contribution in [0.1, 0.15) is 34.3 Å². The van der Waals surface area contributed by atoms with Crippen LogP contribution in [-0.4, -0.2) is 34.9 Å². The fraction of sp³-hybridized carbons (Fsp3) is 0.538. The van der Waals surface area contributed by atoms with Crippen LogP contribution in [0.2, 0.25) is 0 Å². The molecule has 0 aromatic carbocycles. The Hall–Kier alpha value is -1.56. The minimum Gasteiger partial charge on any atom is -0.409 e. The largest absolute Gasteiger partial charge is 0.409 e. The van der Waals surface area contributed by atoms with Crippen LogP contribution >= 0.6 is 11.3 Å². The van der Waals surface area contributed by atoms with Crippen LogP contribution in [0.5, 0.6) is 0 Å². The van der Waals surface area contributed by atoms with Gasteiger partial charge in [0.25, 0.3) is 5.91 Å². The van der Waals surface area contributed by atoms with E-state index in [4.69, 9.17) is 10.9 Å². The number of thiophene rings is 1. The maximum absolute atomic E-state index is 12.4. The number of aryl methyl sites for hydroxylation is 1. The van der Waals surface area contributed by atoms with Crippen LogP contribution in [0.25, 0.3) is 0 Å². The molecule has 2 heterocycles. The summed E-state index contributed by atoms with van der Waals surface area (Å²) in [5, 5.41) is 11.8. The van der Waals surface area contributed by atoms with Gasteiger partial charge in [-0.05, 0) is 31.4 Å². The smallest absolute Gasteiger partial charge is 0.263 e. The highest BCUT2D eigenvalue weighted by Crippen LogP contribution is 2.23. The average molecular weight is 281 g/mol. The lowest BCUT2D eigenvalue weighted by Crippen LogP contribution is -2.44. The van der Waals surface area contributed by atoms with E-state index in [1.807, 2.05) is 12.1 Å². The highest BCUT2D eigenvalue weighted by atomic mass is 32.1. The molecule has 0 bridgehead atoms. The van der Waals surface area contributed by atoms with E-state index in [1.54, 1.807) is 16.2 Å². The zero-order valence-corrected chi connectivity index (χ0v) is 11.8. The molecule has 0 spiro atoms. The summed E-state index contributed by atoms with van der Waals surface area (Å²) in [5.41, 5.74) is 5.64. The van der Waals surface area contributed by atoms with Gasteiger partial charge in [0.1, 0.15) is 5.84 Å². The lowest BCUT2D eigenvalue weighted by atomic mass is 9.97. The second-order valence-corrected chi connectivity index (χ2v) is 5.90. The van der Waals surface area contributed by atoms with E-state index >= 15 is 0 Å². The number of likely N-dealkylation sites (tertiary alicyclic amines) is 1. The third kappa shape index (κ3) is 3.07. The number of hydrogen-bond acceptors (Lipinski definition) is 4. The second-order valence-electron chi connectivity index (χ2n) is 4.73. The van der Waals surface area contributed by atoms with E-state index in [9.17, 15) is 4.79 Å². The molecule has 1 unspecified atom stereocenters. The van der Waals surface area contributed by atoms with Crippen LogP contribution in [0.15, 0.2) is 17.3 Å². The van der Waals surface area contributed by atoms with Gasteiger partial charge in [-0.25, -0.2) is 0 Å². The minimum atomic E-state index is -0.0340. The molecular formula is C13H19N3O2S. The second kappa shape index (κ2) is 6.06. The van der Waals surface area contributed by atoms with Gasteiger partial charge in [-0.2, -0.15) is 0 Å². The number of piperidine rings is 1. The standard InChI is InChI=1S/C13H19N3O2S/c1-2-10-5-6-11(19-10)13(17)16-7-3-4-9(8-16)12(14)15-18/h5-6,9,18H,2-4,7-8H2,1H3,(H2,14,15). The quantitative estimate of drug-likeness (QED) is 0.384. The molecule has 1 amide bonds. The number of rotatable bonds is 3. The van der Waals surface area contributed by atoms with Crippen LogP contribution in [0, 0.1) is 5.92 Å². The van der Waals surface area contributed by atoms with Crippen molar-refractivity contribution in [2.75, 3.05) is 13.1 Å². The summed E-state index contributed by atoms with van der Waals surface area (Å²) in [6, 6.07) is 3.89. The molecule has 6 heteroatoms. The van der Waals surface area contributed by atoms with Gasteiger partial charge in [0, 0.05) is 23.9 Å². The number of amides is 1.